The first-order chi connectivity index (χ1) is 28.6. The van der Waals surface area contributed by atoms with Gasteiger partial charge in [0, 0.05) is 32.7 Å². The van der Waals surface area contributed by atoms with Crippen molar-refractivity contribution in [2.75, 3.05) is 0 Å². The summed E-state index contributed by atoms with van der Waals surface area (Å²) in [6.45, 7) is 4.38. The van der Waals surface area contributed by atoms with E-state index in [4.69, 9.17) is 18.8 Å². The Hall–Kier alpha value is -7.50. The van der Waals surface area contributed by atoms with E-state index >= 15 is 0 Å². The fraction of sp³-hybridized carbons (Fsp3) is 0.0566. The number of aryl methyl sites for hydroxylation is 1. The van der Waals surface area contributed by atoms with Crippen LogP contribution in [0.25, 0.3) is 77.3 Å². The van der Waals surface area contributed by atoms with Crippen LogP contribution in [0.4, 0.5) is 0 Å². The minimum absolute atomic E-state index is 0.427. The molecule has 0 saturated carbocycles. The number of fused-ring (bicyclic) bond motifs is 6. The van der Waals surface area contributed by atoms with E-state index in [-0.39, 0.29) is 0 Å². The topological polar surface area (TPSA) is 63.0 Å². The highest BCUT2D eigenvalue weighted by Gasteiger charge is 2.25. The first kappa shape index (κ1) is 33.8. The molecule has 58 heavy (non-hydrogen) atoms. The largest absolute Gasteiger partial charge is 0.456 e. The first-order valence-electron chi connectivity index (χ1n) is 19.7. The molecular weight excluding hydrogens is 711 g/mol. The Labute approximate surface area is 335 Å². The molecule has 8 aromatic carbocycles. The number of hydrogen-bond donors (Lipinski definition) is 1. The highest BCUT2D eigenvalue weighted by atomic mass is 16.3. The summed E-state index contributed by atoms with van der Waals surface area (Å²) in [7, 11) is 0. The zero-order valence-electron chi connectivity index (χ0n) is 32.0. The third kappa shape index (κ3) is 5.62. The molecule has 11 rings (SSSR count). The van der Waals surface area contributed by atoms with E-state index in [1.807, 2.05) is 30.3 Å². The van der Waals surface area contributed by atoms with Crippen LogP contribution in [0.5, 0.6) is 0 Å². The van der Waals surface area contributed by atoms with Gasteiger partial charge in [-0.1, -0.05) is 146 Å². The molecular formula is C53H37N3O2. The van der Waals surface area contributed by atoms with Crippen molar-refractivity contribution in [1.82, 2.24) is 5.32 Å². The van der Waals surface area contributed by atoms with Gasteiger partial charge in [-0.3, -0.25) is 0 Å². The van der Waals surface area contributed by atoms with Crippen LogP contribution in [0.1, 0.15) is 34.0 Å². The Balaban J connectivity index is 1.00. The molecule has 0 amide bonds. The number of nitrogens with one attached hydrogen (secondary N) is 1. The molecule has 0 fully saturated rings. The van der Waals surface area contributed by atoms with Gasteiger partial charge in [0.15, 0.2) is 5.84 Å². The number of benzene rings is 8. The maximum absolute atomic E-state index is 6.82. The lowest BCUT2D eigenvalue weighted by Gasteiger charge is -2.23. The van der Waals surface area contributed by atoms with E-state index in [0.717, 1.165) is 77.3 Å². The number of nitrogens with zero attached hydrogens (tertiary/aromatic N) is 2. The van der Waals surface area contributed by atoms with E-state index in [9.17, 15) is 0 Å². The zero-order valence-corrected chi connectivity index (χ0v) is 32.0. The van der Waals surface area contributed by atoms with Crippen molar-refractivity contribution in [3.05, 3.63) is 204 Å². The quantitative estimate of drug-likeness (QED) is 0.184. The maximum atomic E-state index is 6.82. The Morgan fingerprint density at radius 3 is 1.98 bits per heavy atom. The van der Waals surface area contributed by atoms with Gasteiger partial charge in [-0.25, -0.2) is 9.98 Å². The number of amidine groups is 2. The van der Waals surface area contributed by atoms with Crippen LogP contribution >= 0.6 is 0 Å². The molecule has 2 aromatic heterocycles. The molecule has 0 radical (unpaired) electrons. The Morgan fingerprint density at radius 2 is 1.14 bits per heavy atom. The molecule has 0 saturated heterocycles. The Bertz CT molecular complexity index is 3280. The average Bonchev–Trinajstić information content (AvgIpc) is 3.85. The summed E-state index contributed by atoms with van der Waals surface area (Å²) < 4.78 is 13.3. The number of para-hydroxylation sites is 1. The molecule has 1 atom stereocenters. The molecule has 5 nitrogen and oxygen atoms in total. The molecule has 276 valence electrons. The van der Waals surface area contributed by atoms with Crippen molar-refractivity contribution in [3.8, 4) is 33.4 Å². The van der Waals surface area contributed by atoms with Gasteiger partial charge in [0.2, 0.25) is 0 Å². The van der Waals surface area contributed by atoms with Gasteiger partial charge in [-0.05, 0) is 88.7 Å². The minimum Gasteiger partial charge on any atom is -0.456 e. The van der Waals surface area contributed by atoms with Gasteiger partial charge < -0.3 is 14.2 Å². The predicted octanol–water partition coefficient (Wildman–Crippen LogP) is 13.6. The van der Waals surface area contributed by atoms with E-state index in [2.05, 4.69) is 165 Å². The van der Waals surface area contributed by atoms with Crippen molar-refractivity contribution in [1.29, 1.82) is 0 Å². The Kier molecular flexibility index (Phi) is 7.93. The summed E-state index contributed by atoms with van der Waals surface area (Å²) >= 11 is 0. The Morgan fingerprint density at radius 1 is 0.466 bits per heavy atom. The molecule has 1 aliphatic rings. The van der Waals surface area contributed by atoms with E-state index in [0.29, 0.717) is 11.7 Å². The molecule has 0 spiro atoms. The summed E-state index contributed by atoms with van der Waals surface area (Å²) in [5.74, 6) is 1.34. The van der Waals surface area contributed by atoms with Crippen LogP contribution in [0.15, 0.2) is 195 Å². The summed E-state index contributed by atoms with van der Waals surface area (Å²) in [5.41, 5.74) is 15.7. The van der Waals surface area contributed by atoms with Gasteiger partial charge in [0.25, 0.3) is 0 Å². The van der Waals surface area contributed by atoms with Crippen molar-refractivity contribution in [3.63, 3.8) is 0 Å². The average molecular weight is 748 g/mol. The first-order valence-corrected chi connectivity index (χ1v) is 19.7. The predicted molar refractivity (Wildman–Crippen MR) is 239 cm³/mol. The monoisotopic (exact) mass is 747 g/mol. The maximum Gasteiger partial charge on any atom is 0.159 e. The molecule has 5 heteroatoms. The summed E-state index contributed by atoms with van der Waals surface area (Å²) in [6.07, 6.45) is -0.427. The molecule has 1 aliphatic heterocycles. The van der Waals surface area contributed by atoms with Crippen molar-refractivity contribution >= 4 is 55.5 Å². The second-order valence-electron chi connectivity index (χ2n) is 15.0. The second-order valence-corrected chi connectivity index (χ2v) is 15.0. The summed E-state index contributed by atoms with van der Waals surface area (Å²) in [4.78, 5) is 10.3. The number of rotatable bonds is 6. The standard InChI is InChI=1S/C53H37N3O2/c1-32-14-9-10-19-38(32)40-21-11-20-39(33(40)2)36-26-28-42-43-23-12-24-45(50(43)58-47(42)30-36)53-55-51(35-17-7-4-8-18-35)54-52(56-53)37-27-29-44-48(31-37)57-46-25-13-22-41(49(44)46)34-15-5-3-6-16-34/h3-31,52H,1-2H3,(H,54,55,56). The molecule has 0 bridgehead atoms. The smallest absolute Gasteiger partial charge is 0.159 e. The highest BCUT2D eigenvalue weighted by Crippen LogP contribution is 2.40. The van der Waals surface area contributed by atoms with Crippen molar-refractivity contribution in [2.24, 2.45) is 9.98 Å². The fourth-order valence-corrected chi connectivity index (χ4v) is 8.61. The fourth-order valence-electron chi connectivity index (χ4n) is 8.61. The lowest BCUT2D eigenvalue weighted by Crippen LogP contribution is -2.33. The van der Waals surface area contributed by atoms with Crippen molar-refractivity contribution in [2.45, 2.75) is 20.0 Å². The summed E-state index contributed by atoms with van der Waals surface area (Å²) in [5, 5.41) is 7.96. The SMILES string of the molecule is Cc1ccccc1-c1cccc(-c2ccc3c(c2)oc2c(C4=NC(c5ccccc5)=NC(c5ccc6c(c5)oc5cccc(-c7ccccc7)c56)N4)cccc23)c1C. The van der Waals surface area contributed by atoms with Gasteiger partial charge in [0.1, 0.15) is 34.3 Å². The number of aliphatic imine (C=N–C) groups is 2. The van der Waals surface area contributed by atoms with Crippen LogP contribution in [0.3, 0.4) is 0 Å². The summed E-state index contributed by atoms with van der Waals surface area (Å²) in [6, 6.07) is 61.2. The molecule has 0 aliphatic carbocycles. The molecule has 3 heterocycles. The van der Waals surface area contributed by atoms with Gasteiger partial charge in [0.05, 0.1) is 5.56 Å². The van der Waals surface area contributed by atoms with Crippen LogP contribution in [-0.4, -0.2) is 11.7 Å². The van der Waals surface area contributed by atoms with Crippen LogP contribution in [0, 0.1) is 13.8 Å². The second kappa shape index (κ2) is 13.6. The molecule has 1 unspecified atom stereocenters. The lowest BCUT2D eigenvalue weighted by atomic mass is 9.91. The highest BCUT2D eigenvalue weighted by molar-refractivity contribution is 6.20. The van der Waals surface area contributed by atoms with E-state index < -0.39 is 6.17 Å². The molecule has 10 aromatic rings. The van der Waals surface area contributed by atoms with Crippen molar-refractivity contribution < 1.29 is 8.83 Å². The van der Waals surface area contributed by atoms with Gasteiger partial charge >= 0.3 is 0 Å². The normalized spacial score (nSPS) is 14.2. The van der Waals surface area contributed by atoms with E-state index in [1.54, 1.807) is 0 Å². The van der Waals surface area contributed by atoms with E-state index in [1.165, 1.54) is 27.8 Å². The minimum atomic E-state index is -0.427. The van der Waals surface area contributed by atoms with Crippen LogP contribution < -0.4 is 5.32 Å². The van der Waals surface area contributed by atoms with Gasteiger partial charge in [-0.2, -0.15) is 0 Å². The third-order valence-electron chi connectivity index (χ3n) is 11.5. The number of hydrogen-bond acceptors (Lipinski definition) is 5. The third-order valence-corrected chi connectivity index (χ3v) is 11.5. The zero-order chi connectivity index (χ0) is 38.7. The van der Waals surface area contributed by atoms with Gasteiger partial charge in [-0.15, -0.1) is 0 Å². The number of furan rings is 2. The van der Waals surface area contributed by atoms with Crippen LogP contribution in [-0.2, 0) is 0 Å². The van der Waals surface area contributed by atoms with Crippen LogP contribution in [0.2, 0.25) is 0 Å². The lowest BCUT2D eigenvalue weighted by molar-refractivity contribution is 0.651. The molecule has 1 N–H and O–H groups in total.